The van der Waals surface area contributed by atoms with Gasteiger partial charge < -0.3 is 19.5 Å². The molecule has 0 saturated carbocycles. The van der Waals surface area contributed by atoms with Crippen molar-refractivity contribution in [3.05, 3.63) is 51.2 Å². The minimum absolute atomic E-state index is 0.223. The number of ether oxygens (including phenoxy) is 3. The first-order chi connectivity index (χ1) is 13.5. The Balaban J connectivity index is 1.93. The largest absolute Gasteiger partial charge is 0.497 e. The summed E-state index contributed by atoms with van der Waals surface area (Å²) in [5.41, 5.74) is 1.87. The van der Waals surface area contributed by atoms with Crippen LogP contribution in [0.15, 0.2) is 42.1 Å². The Hall–Kier alpha value is -2.33. The zero-order valence-corrected chi connectivity index (χ0v) is 18.6. The topological polar surface area (TPSA) is 60.0 Å². The fourth-order valence-electron chi connectivity index (χ4n) is 2.80. The molecule has 8 heteroatoms. The predicted octanol–water partition coefficient (Wildman–Crippen LogP) is 3.97. The lowest BCUT2D eigenvalue weighted by Crippen LogP contribution is -2.30. The Labute approximate surface area is 182 Å². The van der Waals surface area contributed by atoms with E-state index in [4.69, 9.17) is 26.4 Å². The maximum absolute atomic E-state index is 12.9. The summed E-state index contributed by atoms with van der Waals surface area (Å²) < 4.78 is 17.1. The molecule has 6 nitrogen and oxygen atoms in total. The molecule has 0 aromatic heterocycles. The van der Waals surface area contributed by atoms with Crippen LogP contribution in [0.4, 0.5) is 5.69 Å². The molecule has 146 valence electrons. The van der Waals surface area contributed by atoms with Gasteiger partial charge in [-0.1, -0.05) is 0 Å². The van der Waals surface area contributed by atoms with Crippen LogP contribution in [0.3, 0.4) is 0 Å². The average Bonchev–Trinajstić information content (AvgIpc) is 2.95. The SMILES string of the molecule is CCOc1cc(/C=C2/NC(=S)N(c3ccc(OC)cc3)C2=O)cc(I)c1OC. The van der Waals surface area contributed by atoms with Crippen LogP contribution in [0.2, 0.25) is 0 Å². The van der Waals surface area contributed by atoms with E-state index in [1.165, 1.54) is 4.90 Å². The van der Waals surface area contributed by atoms with Crippen LogP contribution in [0.5, 0.6) is 17.2 Å². The summed E-state index contributed by atoms with van der Waals surface area (Å²) in [6.45, 7) is 2.42. The van der Waals surface area contributed by atoms with E-state index in [0.717, 1.165) is 9.13 Å². The second-order valence-corrected chi connectivity index (χ2v) is 7.34. The Morgan fingerprint density at radius 2 is 1.89 bits per heavy atom. The van der Waals surface area contributed by atoms with E-state index in [1.807, 2.05) is 19.1 Å². The summed E-state index contributed by atoms with van der Waals surface area (Å²) in [5, 5.41) is 3.32. The minimum atomic E-state index is -0.223. The Morgan fingerprint density at radius 3 is 2.50 bits per heavy atom. The van der Waals surface area contributed by atoms with E-state index in [-0.39, 0.29) is 5.91 Å². The highest BCUT2D eigenvalue weighted by Crippen LogP contribution is 2.35. The van der Waals surface area contributed by atoms with Crippen LogP contribution >= 0.6 is 34.8 Å². The Bertz CT molecular complexity index is 944. The number of thiocarbonyl (C=S) groups is 1. The average molecular weight is 510 g/mol. The number of carbonyl (C=O) groups is 1. The number of carbonyl (C=O) groups excluding carboxylic acids is 1. The highest BCUT2D eigenvalue weighted by Gasteiger charge is 2.32. The molecule has 0 radical (unpaired) electrons. The van der Waals surface area contributed by atoms with Crippen molar-refractivity contribution >= 4 is 57.6 Å². The van der Waals surface area contributed by atoms with E-state index in [2.05, 4.69) is 27.9 Å². The molecule has 0 bridgehead atoms. The van der Waals surface area contributed by atoms with E-state index in [9.17, 15) is 4.79 Å². The molecule has 28 heavy (non-hydrogen) atoms. The third-order valence-electron chi connectivity index (χ3n) is 4.06. The zero-order valence-electron chi connectivity index (χ0n) is 15.6. The summed E-state index contributed by atoms with van der Waals surface area (Å²) in [7, 11) is 3.20. The monoisotopic (exact) mass is 510 g/mol. The van der Waals surface area contributed by atoms with Gasteiger partial charge in [0.1, 0.15) is 11.4 Å². The van der Waals surface area contributed by atoms with Crippen molar-refractivity contribution in [1.29, 1.82) is 0 Å². The molecule has 0 aliphatic carbocycles. The summed E-state index contributed by atoms with van der Waals surface area (Å²) in [6, 6.07) is 10.9. The van der Waals surface area contributed by atoms with Crippen molar-refractivity contribution in [3.63, 3.8) is 0 Å². The van der Waals surface area contributed by atoms with Gasteiger partial charge >= 0.3 is 0 Å². The smallest absolute Gasteiger partial charge is 0.281 e. The molecular weight excluding hydrogens is 491 g/mol. The molecule has 1 aliphatic heterocycles. The lowest BCUT2D eigenvalue weighted by molar-refractivity contribution is -0.113. The Kier molecular flexibility index (Phi) is 6.40. The fourth-order valence-corrected chi connectivity index (χ4v) is 3.94. The molecule has 1 saturated heterocycles. The molecule has 1 fully saturated rings. The normalized spacial score (nSPS) is 15.0. The van der Waals surface area contributed by atoms with Gasteiger partial charge in [-0.15, -0.1) is 0 Å². The third kappa shape index (κ3) is 4.07. The molecule has 1 N–H and O–H groups in total. The number of halogens is 1. The highest BCUT2D eigenvalue weighted by atomic mass is 127. The molecule has 1 amide bonds. The summed E-state index contributed by atoms with van der Waals surface area (Å²) in [5.74, 6) is 1.79. The summed E-state index contributed by atoms with van der Waals surface area (Å²) in [6.07, 6.45) is 1.75. The fraction of sp³-hybridized carbons (Fsp3) is 0.200. The van der Waals surface area contributed by atoms with Crippen LogP contribution in [-0.4, -0.2) is 31.8 Å². The molecule has 2 aromatic carbocycles. The Morgan fingerprint density at radius 1 is 1.18 bits per heavy atom. The van der Waals surface area contributed by atoms with Crippen molar-refractivity contribution in [2.45, 2.75) is 6.92 Å². The maximum atomic E-state index is 12.9. The van der Waals surface area contributed by atoms with Crippen molar-refractivity contribution in [2.24, 2.45) is 0 Å². The minimum Gasteiger partial charge on any atom is -0.497 e. The number of hydrogen-bond donors (Lipinski definition) is 1. The van der Waals surface area contributed by atoms with Crippen LogP contribution in [0, 0.1) is 3.57 Å². The molecule has 0 unspecified atom stereocenters. The van der Waals surface area contributed by atoms with Gasteiger partial charge in [-0.3, -0.25) is 9.69 Å². The summed E-state index contributed by atoms with van der Waals surface area (Å²) in [4.78, 5) is 14.4. The number of benzene rings is 2. The van der Waals surface area contributed by atoms with E-state index < -0.39 is 0 Å². The first-order valence-electron chi connectivity index (χ1n) is 8.50. The van der Waals surface area contributed by atoms with Crippen molar-refractivity contribution in [3.8, 4) is 17.2 Å². The molecule has 3 rings (SSSR count). The number of nitrogens with zero attached hydrogens (tertiary/aromatic N) is 1. The summed E-state index contributed by atoms with van der Waals surface area (Å²) >= 11 is 7.54. The van der Waals surface area contributed by atoms with Crippen molar-refractivity contribution in [1.82, 2.24) is 5.32 Å². The second kappa shape index (κ2) is 8.78. The lowest BCUT2D eigenvalue weighted by Gasteiger charge is -2.14. The molecule has 1 aliphatic rings. The van der Waals surface area contributed by atoms with Crippen molar-refractivity contribution < 1.29 is 19.0 Å². The standard InChI is InChI=1S/C20H19IN2O4S/c1-4-27-17-11-12(9-15(21)18(17)26-3)10-16-19(24)23(20(28)22-16)13-5-7-14(25-2)8-6-13/h5-11H,4H2,1-3H3,(H,22,28)/b16-10+. The van der Waals surface area contributed by atoms with Gasteiger partial charge in [0.15, 0.2) is 16.6 Å². The van der Waals surface area contributed by atoms with Crippen LogP contribution in [0.25, 0.3) is 6.08 Å². The molecule has 0 atom stereocenters. The van der Waals surface area contributed by atoms with E-state index in [1.54, 1.807) is 44.6 Å². The van der Waals surface area contributed by atoms with E-state index in [0.29, 0.717) is 40.4 Å². The number of anilines is 1. The van der Waals surface area contributed by atoms with Gasteiger partial charge in [0.05, 0.1) is 30.1 Å². The van der Waals surface area contributed by atoms with Crippen LogP contribution in [-0.2, 0) is 4.79 Å². The van der Waals surface area contributed by atoms with Crippen LogP contribution < -0.4 is 24.4 Å². The molecule has 0 spiro atoms. The quantitative estimate of drug-likeness (QED) is 0.361. The number of rotatable bonds is 6. The number of amides is 1. The lowest BCUT2D eigenvalue weighted by atomic mass is 10.1. The third-order valence-corrected chi connectivity index (χ3v) is 5.14. The van der Waals surface area contributed by atoms with Gasteiger partial charge in [-0.05, 0) is 89.8 Å². The zero-order chi connectivity index (χ0) is 20.3. The molecular formula is C20H19IN2O4S. The van der Waals surface area contributed by atoms with Gasteiger partial charge in [-0.25, -0.2) is 0 Å². The first-order valence-corrected chi connectivity index (χ1v) is 9.98. The predicted molar refractivity (Wildman–Crippen MR) is 121 cm³/mol. The number of hydrogen-bond acceptors (Lipinski definition) is 5. The number of methoxy groups -OCH3 is 2. The van der Waals surface area contributed by atoms with E-state index >= 15 is 0 Å². The van der Waals surface area contributed by atoms with Gasteiger partial charge in [0.2, 0.25) is 0 Å². The molecule has 1 heterocycles. The first kappa shape index (κ1) is 20.4. The van der Waals surface area contributed by atoms with Crippen LogP contribution in [0.1, 0.15) is 12.5 Å². The second-order valence-electron chi connectivity index (χ2n) is 5.79. The van der Waals surface area contributed by atoms with Gasteiger partial charge in [0.25, 0.3) is 5.91 Å². The van der Waals surface area contributed by atoms with Gasteiger partial charge in [0, 0.05) is 0 Å². The van der Waals surface area contributed by atoms with Crippen molar-refractivity contribution in [2.75, 3.05) is 25.7 Å². The highest BCUT2D eigenvalue weighted by molar-refractivity contribution is 14.1. The maximum Gasteiger partial charge on any atom is 0.281 e. The number of nitrogens with one attached hydrogen (secondary N) is 1. The van der Waals surface area contributed by atoms with Gasteiger partial charge in [-0.2, -0.15) is 0 Å². The molecule has 2 aromatic rings.